The summed E-state index contributed by atoms with van der Waals surface area (Å²) in [5.74, 6) is -1.03. The first-order valence-corrected chi connectivity index (χ1v) is 43.8. The van der Waals surface area contributed by atoms with Gasteiger partial charge >= 0.3 is 31.6 Å². The number of para-hydroxylation sites is 3. The molecule has 4 saturated heterocycles. The Balaban J connectivity index is 0.000000125. The summed E-state index contributed by atoms with van der Waals surface area (Å²) in [6.45, 7) is 14.1. The van der Waals surface area contributed by atoms with Gasteiger partial charge in [0.15, 0.2) is 0 Å². The molecule has 6 aromatic carbocycles. The molecule has 11 aromatic rings. The molecule has 2 N–H and O–H groups in total. The number of pyridine rings is 5. The number of hydroxylamine groups is 2. The molecule has 12 heterocycles. The summed E-state index contributed by atoms with van der Waals surface area (Å²) in [5, 5.41) is 41.5. The zero-order valence-electron chi connectivity index (χ0n) is 71.3. The lowest BCUT2D eigenvalue weighted by Crippen LogP contribution is -2.65. The second-order valence-corrected chi connectivity index (χ2v) is 37.1. The van der Waals surface area contributed by atoms with Gasteiger partial charge in [-0.3, -0.25) is 43.8 Å². The molecule has 7 fully saturated rings. The van der Waals surface area contributed by atoms with E-state index >= 15 is 0 Å². The number of halogens is 2. The lowest BCUT2D eigenvalue weighted by Gasteiger charge is -2.46. The van der Waals surface area contributed by atoms with E-state index < -0.39 is 52.5 Å². The van der Waals surface area contributed by atoms with Crippen LogP contribution < -0.4 is 20.2 Å². The molecule has 662 valence electrons. The number of hydrogen-bond donors (Lipinski definition) is 2. The number of carbonyl (C=O) groups is 9. The molecule has 33 heteroatoms. The Hall–Kier alpha value is -13.6. The molecule has 7 aliphatic heterocycles. The Kier molecular flexibility index (Phi) is 24.3. The zero-order chi connectivity index (χ0) is 90.9. The fourth-order valence-electron chi connectivity index (χ4n) is 16.9. The molecule has 8 amide bonds. The molecular weight excluding hydrogens is 1790 g/mol. The number of carbonyl (C=O) groups excluding carboxylic acids is 9. The maximum atomic E-state index is 14.1. The molecule has 30 nitrogen and oxygen atoms in total. The highest BCUT2D eigenvalue weighted by atomic mass is 79.9. The van der Waals surface area contributed by atoms with E-state index in [-0.39, 0.29) is 85.2 Å². The van der Waals surface area contributed by atoms with Crippen LogP contribution >= 0.6 is 31.9 Å². The van der Waals surface area contributed by atoms with E-state index in [4.69, 9.17) is 39.2 Å². The van der Waals surface area contributed by atoms with Gasteiger partial charge in [0.25, 0.3) is 11.8 Å². The highest BCUT2D eigenvalue weighted by Gasteiger charge is 2.63. The minimum absolute atomic E-state index is 0. The summed E-state index contributed by atoms with van der Waals surface area (Å²) in [7, 11) is -1.52. The normalized spacial score (nSPS) is 17.8. The second kappa shape index (κ2) is 35.1. The lowest BCUT2D eigenvalue weighted by atomic mass is 9.75. The molecule has 5 aromatic heterocycles. The number of ether oxygens (including phenoxy) is 4. The number of imide groups is 1. The maximum absolute atomic E-state index is 14.1. The van der Waals surface area contributed by atoms with E-state index in [2.05, 4.69) is 62.7 Å². The zero-order valence-corrected chi connectivity index (χ0v) is 74.4. The van der Waals surface area contributed by atoms with Crippen molar-refractivity contribution in [3.8, 4) is 23.3 Å². The van der Waals surface area contributed by atoms with Crippen molar-refractivity contribution in [2.45, 2.75) is 159 Å². The molecule has 3 spiro atoms. The van der Waals surface area contributed by atoms with Crippen LogP contribution in [0.1, 0.15) is 145 Å². The van der Waals surface area contributed by atoms with Crippen molar-refractivity contribution in [3.05, 3.63) is 255 Å². The van der Waals surface area contributed by atoms with Crippen LogP contribution in [-0.2, 0) is 83.6 Å². The summed E-state index contributed by atoms with van der Waals surface area (Å²) in [4.78, 5) is 149. The summed E-state index contributed by atoms with van der Waals surface area (Å²) in [6, 6.07) is 57.9. The summed E-state index contributed by atoms with van der Waals surface area (Å²) >= 11 is 7.40. The maximum Gasteiger partial charge on any atom is 0.534 e. The smallest absolute Gasteiger partial charge is 0.444 e. The van der Waals surface area contributed by atoms with Gasteiger partial charge in [0.05, 0.1) is 36.7 Å². The monoisotopic (exact) mass is 1880 g/mol. The number of benzene rings is 6. The average Bonchev–Trinajstić information content (AvgIpc) is 1.55. The first-order chi connectivity index (χ1) is 61.7. The number of rotatable bonds is 12. The van der Waals surface area contributed by atoms with Crippen LogP contribution in [-0.4, -0.2) is 177 Å². The Labute approximate surface area is 766 Å². The lowest BCUT2D eigenvalue weighted by molar-refractivity contribution is -0.179. The minimum atomic E-state index is -1.52. The van der Waals surface area contributed by atoms with Crippen molar-refractivity contribution in [3.63, 3.8) is 0 Å². The Morgan fingerprint density at radius 3 is 1.18 bits per heavy atom. The van der Waals surface area contributed by atoms with Gasteiger partial charge in [0.2, 0.25) is 17.7 Å². The Morgan fingerprint density at radius 1 is 0.446 bits per heavy atom. The number of anilines is 3. The highest BCUT2D eigenvalue weighted by molar-refractivity contribution is 9.11. The van der Waals surface area contributed by atoms with Crippen LogP contribution in [0, 0.1) is 22.7 Å². The van der Waals surface area contributed by atoms with E-state index in [1.165, 1.54) is 18.3 Å². The minimum Gasteiger partial charge on any atom is -0.444 e. The van der Waals surface area contributed by atoms with Gasteiger partial charge < -0.3 is 58.4 Å². The van der Waals surface area contributed by atoms with Crippen LogP contribution in [0.5, 0.6) is 0 Å². The predicted molar refractivity (Wildman–Crippen MR) is 487 cm³/mol. The number of nitriles is 2. The highest BCUT2D eigenvalue weighted by Crippen LogP contribution is 2.53. The molecule has 0 unspecified atom stereocenters. The van der Waals surface area contributed by atoms with E-state index in [0.717, 1.165) is 142 Å². The molecule has 130 heavy (non-hydrogen) atoms. The number of aromatic nitrogens is 5. The Bertz CT molecular complexity index is 6290. The van der Waals surface area contributed by atoms with E-state index in [1.54, 1.807) is 43.7 Å². The third-order valence-electron chi connectivity index (χ3n) is 24.8. The Morgan fingerprint density at radius 2 is 0.800 bits per heavy atom. The molecule has 3 aliphatic carbocycles. The number of nitrogens with zero attached hydrogens (tertiary/aromatic N) is 14. The number of fused-ring (bicyclic) bond motifs is 9. The van der Waals surface area contributed by atoms with Gasteiger partial charge in [-0.1, -0.05) is 146 Å². The van der Waals surface area contributed by atoms with Crippen LogP contribution in [0.2, 0.25) is 0 Å². The van der Waals surface area contributed by atoms with Crippen molar-refractivity contribution in [2.24, 2.45) is 0 Å². The van der Waals surface area contributed by atoms with Crippen molar-refractivity contribution >= 4 is 148 Å². The van der Waals surface area contributed by atoms with Crippen LogP contribution in [0.15, 0.2) is 210 Å². The van der Waals surface area contributed by atoms with Crippen molar-refractivity contribution < 1.29 is 77.0 Å². The SMILES string of the molecule is C.CC(C)(C)OC(=O)N1CC2(C1)C(=O)N(Cc1ncc3ccccc3c1Br)c1ccccc12.CC1(OC(=O)N2CC3(C2)C(=O)N(Cc2ncc4ccccc4c2-c2ccc(C#N)nc2)c2ccccc23)CC1.CC1(OC(=O)N2CC3(C2)C(=O)N(Cc2ncc4ccccc4c2Br)c2ccccc23)CC1.CC1(OC(=O)ON2C(=O)CCC2=O)CC1.N#Cc1ccc(B(O)O)cn1. The van der Waals surface area contributed by atoms with Gasteiger partial charge in [0.1, 0.15) is 62.2 Å². The number of hydrogen-bond acceptors (Lipinski definition) is 23. The van der Waals surface area contributed by atoms with E-state index in [0.29, 0.717) is 63.1 Å². The first kappa shape index (κ1) is 89.8. The fourth-order valence-corrected chi connectivity index (χ4v) is 18.1. The van der Waals surface area contributed by atoms with Gasteiger partial charge in [-0.25, -0.2) is 29.1 Å². The third-order valence-corrected chi connectivity index (χ3v) is 26.6. The van der Waals surface area contributed by atoms with E-state index in [9.17, 15) is 48.4 Å². The molecule has 0 radical (unpaired) electrons. The molecule has 0 bridgehead atoms. The number of amides is 8. The third kappa shape index (κ3) is 17.6. The van der Waals surface area contributed by atoms with Gasteiger partial charge in [-0.05, 0) is 181 Å². The second-order valence-electron chi connectivity index (χ2n) is 35.5. The van der Waals surface area contributed by atoms with Gasteiger partial charge in [-0.15, -0.1) is 0 Å². The summed E-state index contributed by atoms with van der Waals surface area (Å²) in [6.07, 6.45) is 11.7. The molecule has 10 aliphatic rings. The summed E-state index contributed by atoms with van der Waals surface area (Å²) < 4.78 is 23.4. The van der Waals surface area contributed by atoms with Crippen LogP contribution in [0.4, 0.5) is 36.2 Å². The molecule has 21 rings (SSSR count). The molecule has 0 atom stereocenters. The van der Waals surface area contributed by atoms with Crippen molar-refractivity contribution in [1.82, 2.24) is 44.7 Å². The van der Waals surface area contributed by atoms with Crippen LogP contribution in [0.3, 0.4) is 0 Å². The molecule has 3 saturated carbocycles. The fraction of sp³-hybridized carbons (Fsp3) is 0.320. The average molecular weight is 1880 g/mol. The standard InChI is InChI=1S/C31H25N5O3.C25H22BrN3O3.C25H24BrN3O3.C9H11NO5.C6H5BN2O2.CH4/c1-30(12-13-30)39-29(38)35-18-31(19-35)24-8-4-5-9-26(24)36(28(31)37)17-25-27(21-10-11-22(14-32)33-16-21)23-7-3-2-6-20(23)15-34-25;1-24(10-11-24)32-23(31)28-14-25(15-28)18-8-4-5-9-20(18)29(22(25)30)13-19-21(26)17-7-3-2-6-16(17)12-27-19;1-24(2,3)32-23(31)28-14-25(15-28)18-10-6-7-11-20(18)29(22(25)30)13-19-21(26)17-9-5-4-8-16(17)12-27-19;1-9(4-5-9)14-8(13)15-10-6(11)2-3-7(10)12;8-3-6-2-1-5(4-9-6)7(10)11;/h2-11,15-16H,12-13,17-19H2,1H3;2-9,12H,10-11,13-15H2,1H3;4-12H,13-15H2,1-3H3;2-5H2,1H3;1-2,4,10-11H;1H4. The van der Waals surface area contributed by atoms with Gasteiger partial charge in [-0.2, -0.15) is 10.5 Å². The first-order valence-electron chi connectivity index (χ1n) is 42.2. The molecular formula is C97H91BBr2N14O16. The predicted octanol–water partition coefficient (Wildman–Crippen LogP) is 14.8. The quantitative estimate of drug-likeness (QED) is 0.0496. The van der Waals surface area contributed by atoms with E-state index in [1.807, 2.05) is 216 Å². The van der Waals surface area contributed by atoms with Gasteiger partial charge in [0, 0.05) is 142 Å². The summed E-state index contributed by atoms with van der Waals surface area (Å²) in [5.41, 5.74) is 6.46. The van der Waals surface area contributed by atoms with Crippen LogP contribution in [0.25, 0.3) is 43.4 Å². The van der Waals surface area contributed by atoms with Crippen molar-refractivity contribution in [2.75, 3.05) is 54.0 Å². The number of likely N-dealkylation sites (tertiary alicyclic amines) is 3. The largest absolute Gasteiger partial charge is 0.534 e. The van der Waals surface area contributed by atoms with Crippen molar-refractivity contribution in [1.29, 1.82) is 10.5 Å². The topological polar surface area (TPSA) is 375 Å².